The quantitative estimate of drug-likeness (QED) is 0.224. The maximum atomic E-state index is 13.8. The number of benzene rings is 2. The van der Waals surface area contributed by atoms with Gasteiger partial charge in [0, 0.05) is 23.2 Å². The summed E-state index contributed by atoms with van der Waals surface area (Å²) in [7, 11) is 0. The van der Waals surface area contributed by atoms with E-state index in [1.54, 1.807) is 6.20 Å². The Labute approximate surface area is 219 Å². The molecule has 1 amide bonds. The van der Waals surface area contributed by atoms with E-state index in [2.05, 4.69) is 51.8 Å². The highest BCUT2D eigenvalue weighted by atomic mass is 19.2. The molecule has 0 aliphatic carbocycles. The Bertz CT molecular complexity index is 1410. The van der Waals surface area contributed by atoms with Crippen molar-refractivity contribution in [1.29, 1.82) is 0 Å². The number of ether oxygens (including phenoxy) is 1. The van der Waals surface area contributed by atoms with Crippen LogP contribution >= 0.6 is 0 Å². The number of carbonyl (C=O) groups excluding carboxylic acids is 1. The number of nitrogens with zero attached hydrogens (tertiary/aromatic N) is 4. The number of fused-ring (bicyclic) bond motifs is 1. The second kappa shape index (κ2) is 12.0. The van der Waals surface area contributed by atoms with Gasteiger partial charge in [-0.05, 0) is 57.5 Å². The molecule has 0 radical (unpaired) electrons. The minimum Gasteiger partial charge on any atom is -0.493 e. The van der Waals surface area contributed by atoms with Crippen LogP contribution in [0.5, 0.6) is 5.75 Å². The monoisotopic (exact) mass is 523 g/mol. The fraction of sp³-hybridized carbons (Fsp3) is 0.333. The van der Waals surface area contributed by atoms with Crippen LogP contribution in [0, 0.1) is 11.6 Å². The third-order valence-electron chi connectivity index (χ3n) is 6.11. The molecule has 4 aromatic rings. The van der Waals surface area contributed by atoms with Crippen molar-refractivity contribution in [2.45, 2.75) is 45.7 Å². The van der Waals surface area contributed by atoms with Crippen LogP contribution in [-0.4, -0.2) is 44.3 Å². The molecule has 9 nitrogen and oxygen atoms in total. The average molecular weight is 524 g/mol. The predicted molar refractivity (Wildman–Crippen MR) is 143 cm³/mol. The number of nitrogens with one attached hydrogen (secondary N) is 3. The first-order chi connectivity index (χ1) is 18.2. The van der Waals surface area contributed by atoms with Gasteiger partial charge >= 0.3 is 0 Å². The Morgan fingerprint density at radius 3 is 2.82 bits per heavy atom. The number of hydrogen-bond donors (Lipinski definition) is 3. The van der Waals surface area contributed by atoms with Crippen LogP contribution in [-0.2, 0) is 11.3 Å². The molecular formula is C27H31F2N7O2. The topological polar surface area (TPSA) is 106 Å². The molecule has 11 heteroatoms. The van der Waals surface area contributed by atoms with Crippen molar-refractivity contribution in [3.05, 3.63) is 66.8 Å². The average Bonchev–Trinajstić information content (AvgIpc) is 3.33. The van der Waals surface area contributed by atoms with Crippen LogP contribution < -0.4 is 20.7 Å². The number of aromatic nitrogens is 4. The minimum atomic E-state index is -1.11. The Hall–Kier alpha value is -4.12. The Morgan fingerprint density at radius 2 is 2.00 bits per heavy atom. The molecule has 0 fully saturated rings. The van der Waals surface area contributed by atoms with Crippen molar-refractivity contribution in [3.63, 3.8) is 0 Å². The van der Waals surface area contributed by atoms with Gasteiger partial charge in [-0.2, -0.15) is 5.10 Å². The Morgan fingerprint density at radius 1 is 1.16 bits per heavy atom. The molecule has 0 aliphatic rings. The Kier molecular flexibility index (Phi) is 8.47. The van der Waals surface area contributed by atoms with Gasteiger partial charge in [-0.25, -0.2) is 18.7 Å². The first-order valence-corrected chi connectivity index (χ1v) is 12.4. The van der Waals surface area contributed by atoms with E-state index < -0.39 is 17.5 Å². The van der Waals surface area contributed by atoms with E-state index >= 15 is 0 Å². The van der Waals surface area contributed by atoms with E-state index in [-0.39, 0.29) is 17.8 Å². The van der Waals surface area contributed by atoms with Gasteiger partial charge in [0.1, 0.15) is 24.4 Å². The smallest absolute Gasteiger partial charge is 0.246 e. The summed E-state index contributed by atoms with van der Waals surface area (Å²) in [5, 5.41) is 14.0. The maximum absolute atomic E-state index is 13.8. The van der Waals surface area contributed by atoms with Crippen LogP contribution in [0.25, 0.3) is 10.9 Å². The van der Waals surface area contributed by atoms with Crippen molar-refractivity contribution >= 4 is 34.0 Å². The first-order valence-electron chi connectivity index (χ1n) is 12.4. The summed E-state index contributed by atoms with van der Waals surface area (Å²) in [5.41, 5.74) is 1.20. The van der Waals surface area contributed by atoms with Gasteiger partial charge in [0.15, 0.2) is 11.6 Å². The molecule has 0 aliphatic heterocycles. The lowest BCUT2D eigenvalue weighted by atomic mass is 10.0. The first kappa shape index (κ1) is 26.9. The van der Waals surface area contributed by atoms with Crippen molar-refractivity contribution in [1.82, 2.24) is 25.1 Å². The largest absolute Gasteiger partial charge is 0.493 e. The van der Waals surface area contributed by atoms with Crippen LogP contribution in [0.15, 0.2) is 55.1 Å². The normalized spacial score (nSPS) is 11.5. The van der Waals surface area contributed by atoms with Gasteiger partial charge in [0.2, 0.25) is 5.91 Å². The van der Waals surface area contributed by atoms with Crippen molar-refractivity contribution in [2.75, 3.05) is 23.8 Å². The molecule has 2 aromatic heterocycles. The van der Waals surface area contributed by atoms with Crippen molar-refractivity contribution < 1.29 is 18.3 Å². The molecule has 3 N–H and O–H groups in total. The maximum Gasteiger partial charge on any atom is 0.246 e. The fourth-order valence-corrected chi connectivity index (χ4v) is 3.63. The minimum absolute atomic E-state index is 0.120. The molecule has 0 saturated carbocycles. The van der Waals surface area contributed by atoms with E-state index in [4.69, 9.17) is 4.74 Å². The number of halogens is 2. The van der Waals surface area contributed by atoms with Gasteiger partial charge in [0.25, 0.3) is 0 Å². The number of anilines is 3. The molecule has 4 rings (SSSR count). The van der Waals surface area contributed by atoms with Gasteiger partial charge in [-0.1, -0.05) is 13.0 Å². The number of hydrogen-bond acceptors (Lipinski definition) is 7. The van der Waals surface area contributed by atoms with Gasteiger partial charge < -0.3 is 20.7 Å². The third kappa shape index (κ3) is 7.00. The van der Waals surface area contributed by atoms with Crippen molar-refractivity contribution in [3.8, 4) is 5.75 Å². The summed E-state index contributed by atoms with van der Waals surface area (Å²) in [6.45, 7) is 7.81. The lowest BCUT2D eigenvalue weighted by Gasteiger charge is -2.24. The fourth-order valence-electron chi connectivity index (χ4n) is 3.63. The molecule has 2 aromatic carbocycles. The van der Waals surface area contributed by atoms with Gasteiger partial charge in [0.05, 0.1) is 29.7 Å². The zero-order valence-corrected chi connectivity index (χ0v) is 21.6. The standard InChI is InChI=1S/C27H31F2N7O2/c1-4-27(2,3)32-11-6-12-38-19-9-10-20-23(13-19)30-17-31-26(20)34-18-14-33-36(15-18)16-24(37)35-22-8-5-7-21(28)25(22)29/h5,7-10,13-15,17,32H,4,6,11-12,16H2,1-3H3,(H,35,37)(H,30,31,34). The highest BCUT2D eigenvalue weighted by molar-refractivity contribution is 5.92. The molecule has 200 valence electrons. The van der Waals surface area contributed by atoms with Crippen LogP contribution in [0.3, 0.4) is 0 Å². The third-order valence-corrected chi connectivity index (χ3v) is 6.11. The van der Waals surface area contributed by atoms with Crippen LogP contribution in [0.1, 0.15) is 33.6 Å². The molecule has 38 heavy (non-hydrogen) atoms. The molecule has 0 atom stereocenters. The second-order valence-electron chi connectivity index (χ2n) is 9.47. The zero-order valence-electron chi connectivity index (χ0n) is 21.6. The van der Waals surface area contributed by atoms with Gasteiger partial charge in [-0.3, -0.25) is 9.48 Å². The second-order valence-corrected chi connectivity index (χ2v) is 9.47. The molecule has 0 bridgehead atoms. The SMILES string of the molecule is CCC(C)(C)NCCCOc1ccc2c(Nc3cnn(CC(=O)Nc4cccc(F)c4F)c3)ncnc2c1. The summed E-state index contributed by atoms with van der Waals surface area (Å²) < 4.78 is 34.4. The molecule has 2 heterocycles. The highest BCUT2D eigenvalue weighted by Crippen LogP contribution is 2.26. The van der Waals surface area contributed by atoms with Gasteiger partial charge in [-0.15, -0.1) is 0 Å². The predicted octanol–water partition coefficient (Wildman–Crippen LogP) is 5.03. The summed E-state index contributed by atoms with van der Waals surface area (Å²) in [5.74, 6) is -1.40. The van der Waals surface area contributed by atoms with E-state index in [1.807, 2.05) is 18.2 Å². The molecule has 0 spiro atoms. The number of carbonyl (C=O) groups is 1. The van der Waals surface area contributed by atoms with E-state index in [1.165, 1.54) is 29.3 Å². The molecular weight excluding hydrogens is 492 g/mol. The zero-order chi connectivity index (χ0) is 27.1. The summed E-state index contributed by atoms with van der Waals surface area (Å²) in [4.78, 5) is 21.0. The van der Waals surface area contributed by atoms with Crippen LogP contribution in [0.4, 0.5) is 26.0 Å². The van der Waals surface area contributed by atoms with E-state index in [0.29, 0.717) is 23.6 Å². The molecule has 0 unspecified atom stereocenters. The number of rotatable bonds is 12. The highest BCUT2D eigenvalue weighted by Gasteiger charge is 2.14. The lowest BCUT2D eigenvalue weighted by Crippen LogP contribution is -2.39. The van der Waals surface area contributed by atoms with E-state index in [0.717, 1.165) is 36.6 Å². The van der Waals surface area contributed by atoms with E-state index in [9.17, 15) is 13.6 Å². The van der Waals surface area contributed by atoms with Crippen LogP contribution in [0.2, 0.25) is 0 Å². The molecule has 0 saturated heterocycles. The summed E-state index contributed by atoms with van der Waals surface area (Å²) in [6.07, 6.45) is 6.55. The number of amides is 1. The summed E-state index contributed by atoms with van der Waals surface area (Å²) in [6, 6.07) is 9.21. The van der Waals surface area contributed by atoms with Crippen molar-refractivity contribution in [2.24, 2.45) is 0 Å². The summed E-state index contributed by atoms with van der Waals surface area (Å²) >= 11 is 0. The Balaban J connectivity index is 1.34. The lowest BCUT2D eigenvalue weighted by molar-refractivity contribution is -0.116.